The molecule has 0 saturated carbocycles. The second kappa shape index (κ2) is 9.59. The average molecular weight is 481 g/mol. The van der Waals surface area contributed by atoms with Gasteiger partial charge in [0.2, 0.25) is 11.8 Å². The molecular weight excluding hydrogens is 455 g/mol. The average Bonchev–Trinajstić information content (AvgIpc) is 3.16. The highest BCUT2D eigenvalue weighted by atomic mass is 35.5. The summed E-state index contributed by atoms with van der Waals surface area (Å²) >= 11 is 6.05. The van der Waals surface area contributed by atoms with Crippen molar-refractivity contribution in [2.24, 2.45) is 5.73 Å². The number of nitrogens with two attached hydrogens (primary N) is 1. The first-order valence-electron chi connectivity index (χ1n) is 10.9. The van der Waals surface area contributed by atoms with Crippen molar-refractivity contribution < 1.29 is 9.59 Å². The van der Waals surface area contributed by atoms with E-state index in [1.54, 1.807) is 29.2 Å². The van der Waals surface area contributed by atoms with Crippen molar-refractivity contribution in [2.45, 2.75) is 31.8 Å². The molecule has 4 rings (SSSR count). The number of amides is 2. The summed E-state index contributed by atoms with van der Waals surface area (Å²) in [6.45, 7) is 5.00. The van der Waals surface area contributed by atoms with Gasteiger partial charge in [0, 0.05) is 30.2 Å². The Morgan fingerprint density at radius 3 is 2.71 bits per heavy atom. The molecule has 1 fully saturated rings. The van der Waals surface area contributed by atoms with Crippen molar-refractivity contribution in [2.75, 3.05) is 31.1 Å². The highest BCUT2D eigenvalue weighted by Crippen LogP contribution is 2.27. The molecule has 2 aromatic heterocycles. The maximum atomic E-state index is 13.3. The quantitative estimate of drug-likeness (QED) is 0.418. The standard InChI is InChI=1S/C22H26BClN8O2/c1-22(2,25)7-8-26-21(34)17(13-3-5-14(24)6-4-13)32-10-9-31(11-15(32)33)20-16-18(23)29-30-19(16)27-12-28-20/h3-6,12,17H,7-11,25H2,1-2H3,(H,26,34)(H,27,28,29,30). The Labute approximate surface area is 203 Å². The fourth-order valence-electron chi connectivity index (χ4n) is 3.96. The zero-order chi connectivity index (χ0) is 24.5. The zero-order valence-electron chi connectivity index (χ0n) is 19.1. The number of nitrogens with zero attached hydrogens (tertiary/aromatic N) is 5. The van der Waals surface area contributed by atoms with E-state index in [2.05, 4.69) is 25.5 Å². The maximum absolute atomic E-state index is 13.3. The van der Waals surface area contributed by atoms with Crippen LogP contribution in [0.25, 0.3) is 11.0 Å². The normalized spacial score (nSPS) is 15.6. The Bertz CT molecular complexity index is 1190. The number of rotatable bonds is 7. The summed E-state index contributed by atoms with van der Waals surface area (Å²) in [5.41, 5.74) is 7.07. The molecule has 1 unspecified atom stereocenters. The number of carbonyl (C=O) groups is 2. The van der Waals surface area contributed by atoms with Crippen LogP contribution in [0.4, 0.5) is 5.82 Å². The number of anilines is 1. The number of fused-ring (bicyclic) bond motifs is 1. The molecule has 4 N–H and O–H groups in total. The van der Waals surface area contributed by atoms with E-state index in [1.165, 1.54) is 6.33 Å². The number of H-pyrrole nitrogens is 1. The molecule has 1 aromatic carbocycles. The highest BCUT2D eigenvalue weighted by Gasteiger charge is 2.36. The fourth-order valence-corrected chi connectivity index (χ4v) is 4.09. The van der Waals surface area contributed by atoms with Crippen LogP contribution in [0.1, 0.15) is 31.9 Å². The molecule has 1 atom stereocenters. The summed E-state index contributed by atoms with van der Waals surface area (Å²) in [6, 6.07) is 6.15. The molecular formula is C22H26BClN8O2. The van der Waals surface area contributed by atoms with Gasteiger partial charge in [-0.05, 0) is 43.6 Å². The predicted molar refractivity (Wildman–Crippen MR) is 131 cm³/mol. The highest BCUT2D eigenvalue weighted by molar-refractivity contribution is 6.38. The number of aromatic amines is 1. The van der Waals surface area contributed by atoms with Crippen molar-refractivity contribution >= 4 is 53.7 Å². The van der Waals surface area contributed by atoms with Gasteiger partial charge in [-0.3, -0.25) is 14.7 Å². The number of hydrogen-bond donors (Lipinski definition) is 3. The summed E-state index contributed by atoms with van der Waals surface area (Å²) in [5, 5.41) is 10.8. The van der Waals surface area contributed by atoms with E-state index >= 15 is 0 Å². The lowest BCUT2D eigenvalue weighted by atomic mass is 10.0. The van der Waals surface area contributed by atoms with E-state index in [4.69, 9.17) is 25.2 Å². The van der Waals surface area contributed by atoms with Gasteiger partial charge in [0.1, 0.15) is 26.0 Å². The van der Waals surface area contributed by atoms with Crippen molar-refractivity contribution in [3.05, 3.63) is 41.2 Å². The van der Waals surface area contributed by atoms with Gasteiger partial charge in [-0.1, -0.05) is 23.7 Å². The molecule has 0 spiro atoms. The Balaban J connectivity index is 1.56. The maximum Gasteiger partial charge on any atom is 0.247 e. The van der Waals surface area contributed by atoms with Gasteiger partial charge in [-0.15, -0.1) is 0 Å². The molecule has 0 aliphatic carbocycles. The Morgan fingerprint density at radius 2 is 2.03 bits per heavy atom. The molecule has 1 aliphatic heterocycles. The van der Waals surface area contributed by atoms with Crippen LogP contribution in [-0.2, 0) is 9.59 Å². The molecule has 1 saturated heterocycles. The molecule has 0 bridgehead atoms. The van der Waals surface area contributed by atoms with Crippen LogP contribution >= 0.6 is 11.6 Å². The number of benzene rings is 1. The SMILES string of the molecule is [B]c1[nH]nc2ncnc(N3CCN(C(C(=O)NCCC(C)(C)N)c4ccc(Cl)cc4)C(=O)C3)c12. The molecule has 2 radical (unpaired) electrons. The second-order valence-corrected chi connectivity index (χ2v) is 9.46. The molecule has 176 valence electrons. The second-order valence-electron chi connectivity index (χ2n) is 9.03. The van der Waals surface area contributed by atoms with Crippen LogP contribution < -0.4 is 21.5 Å². The minimum atomic E-state index is -0.794. The first-order chi connectivity index (χ1) is 16.1. The Kier molecular flexibility index (Phi) is 6.76. The molecule has 12 heteroatoms. The third-order valence-corrected chi connectivity index (χ3v) is 5.98. The molecule has 3 aromatic rings. The van der Waals surface area contributed by atoms with Crippen LogP contribution in [0.3, 0.4) is 0 Å². The number of piperazine rings is 1. The fraction of sp³-hybridized carbons (Fsp3) is 0.409. The van der Waals surface area contributed by atoms with Crippen molar-refractivity contribution in [1.82, 2.24) is 30.4 Å². The van der Waals surface area contributed by atoms with Crippen LogP contribution in [0.15, 0.2) is 30.6 Å². The predicted octanol–water partition coefficient (Wildman–Crippen LogP) is 0.434. The summed E-state index contributed by atoms with van der Waals surface area (Å²) in [6.07, 6.45) is 1.99. The molecule has 3 heterocycles. The number of aromatic nitrogens is 4. The van der Waals surface area contributed by atoms with E-state index in [1.807, 2.05) is 18.7 Å². The van der Waals surface area contributed by atoms with Crippen molar-refractivity contribution in [3.8, 4) is 0 Å². The minimum absolute atomic E-state index is 0.0317. The monoisotopic (exact) mass is 480 g/mol. The molecule has 10 nitrogen and oxygen atoms in total. The number of hydrogen-bond acceptors (Lipinski definition) is 7. The van der Waals surface area contributed by atoms with E-state index < -0.39 is 11.6 Å². The van der Waals surface area contributed by atoms with Gasteiger partial charge in [-0.25, -0.2) is 9.97 Å². The first kappa shape index (κ1) is 24.0. The van der Waals surface area contributed by atoms with E-state index in [9.17, 15) is 9.59 Å². The summed E-state index contributed by atoms with van der Waals surface area (Å²) in [5.74, 6) is 0.0492. The van der Waals surface area contributed by atoms with Crippen LogP contribution in [0.5, 0.6) is 0 Å². The first-order valence-corrected chi connectivity index (χ1v) is 11.3. The van der Waals surface area contributed by atoms with Crippen molar-refractivity contribution in [1.29, 1.82) is 0 Å². The summed E-state index contributed by atoms with van der Waals surface area (Å²) in [7, 11) is 6.01. The molecule has 1 aliphatic rings. The van der Waals surface area contributed by atoms with E-state index in [0.29, 0.717) is 59.1 Å². The lowest BCUT2D eigenvalue weighted by Crippen LogP contribution is -2.55. The van der Waals surface area contributed by atoms with Crippen LogP contribution in [0.2, 0.25) is 5.02 Å². The van der Waals surface area contributed by atoms with Gasteiger partial charge >= 0.3 is 0 Å². The van der Waals surface area contributed by atoms with Crippen LogP contribution in [0, 0.1) is 0 Å². The lowest BCUT2D eigenvalue weighted by molar-refractivity contribution is -0.141. The van der Waals surface area contributed by atoms with Crippen molar-refractivity contribution in [3.63, 3.8) is 0 Å². The molecule has 34 heavy (non-hydrogen) atoms. The Morgan fingerprint density at radius 1 is 1.29 bits per heavy atom. The van der Waals surface area contributed by atoms with E-state index in [-0.39, 0.29) is 18.4 Å². The van der Waals surface area contributed by atoms with E-state index in [0.717, 1.165) is 0 Å². The number of halogens is 1. The smallest absolute Gasteiger partial charge is 0.247 e. The van der Waals surface area contributed by atoms with Gasteiger partial charge in [0.05, 0.1) is 11.9 Å². The van der Waals surface area contributed by atoms with Gasteiger partial charge in [0.15, 0.2) is 5.65 Å². The molecule has 2 amide bonds. The summed E-state index contributed by atoms with van der Waals surface area (Å²) < 4.78 is 0. The number of carbonyl (C=O) groups excluding carboxylic acids is 2. The van der Waals surface area contributed by atoms with Gasteiger partial charge in [0.25, 0.3) is 0 Å². The third kappa shape index (κ3) is 5.15. The summed E-state index contributed by atoms with van der Waals surface area (Å²) in [4.78, 5) is 38.4. The minimum Gasteiger partial charge on any atom is -0.354 e. The third-order valence-electron chi connectivity index (χ3n) is 5.73. The van der Waals surface area contributed by atoms with Crippen LogP contribution in [-0.4, -0.2) is 76.4 Å². The lowest BCUT2D eigenvalue weighted by Gasteiger charge is -2.39. The topological polar surface area (TPSA) is 133 Å². The number of nitrogens with one attached hydrogen (secondary N) is 2. The largest absolute Gasteiger partial charge is 0.354 e. The van der Waals surface area contributed by atoms with Gasteiger partial charge in [-0.2, -0.15) is 5.10 Å². The Hall–Kier alpha value is -3.18. The zero-order valence-corrected chi connectivity index (χ0v) is 19.8. The van der Waals surface area contributed by atoms with Gasteiger partial charge < -0.3 is 20.9 Å².